The molecular formula is C30H23N7O3. The first-order valence-electron chi connectivity index (χ1n) is 12.4. The zero-order valence-corrected chi connectivity index (χ0v) is 21.6. The number of nitriles is 1. The average molecular weight is 530 g/mol. The fourth-order valence-corrected chi connectivity index (χ4v) is 4.45. The Morgan fingerprint density at radius 3 is 2.67 bits per heavy atom. The predicted octanol–water partition coefficient (Wildman–Crippen LogP) is 6.19. The Morgan fingerprint density at radius 2 is 1.88 bits per heavy atom. The molecule has 0 radical (unpaired) electrons. The van der Waals surface area contributed by atoms with Crippen molar-refractivity contribution in [2.45, 2.75) is 6.92 Å². The number of anilines is 3. The second-order valence-corrected chi connectivity index (χ2v) is 9.03. The van der Waals surface area contributed by atoms with Crippen LogP contribution in [0.25, 0.3) is 16.6 Å². The number of aromatic nitrogens is 4. The quantitative estimate of drug-likeness (QED) is 0.225. The van der Waals surface area contributed by atoms with Crippen molar-refractivity contribution in [3.05, 3.63) is 102 Å². The molecule has 196 valence electrons. The van der Waals surface area contributed by atoms with E-state index >= 15 is 0 Å². The molecule has 0 saturated heterocycles. The van der Waals surface area contributed by atoms with Gasteiger partial charge in [-0.2, -0.15) is 10.4 Å². The van der Waals surface area contributed by atoms with Gasteiger partial charge in [-0.05, 0) is 61.5 Å². The molecule has 6 aromatic rings. The molecule has 3 heterocycles. The molecule has 3 aromatic heterocycles. The van der Waals surface area contributed by atoms with Gasteiger partial charge < -0.3 is 25.1 Å². The minimum atomic E-state index is -0.267. The minimum absolute atomic E-state index is 0.267. The van der Waals surface area contributed by atoms with Crippen molar-refractivity contribution < 1.29 is 14.3 Å². The van der Waals surface area contributed by atoms with Crippen LogP contribution in [-0.4, -0.2) is 32.6 Å². The Morgan fingerprint density at radius 1 is 1.05 bits per heavy atom. The Balaban J connectivity index is 1.27. The number of rotatable bonds is 7. The number of imidazole rings is 1. The summed E-state index contributed by atoms with van der Waals surface area (Å²) in [5.74, 6) is 1.75. The maximum Gasteiger partial charge on any atom is 0.255 e. The average Bonchev–Trinajstić information content (AvgIpc) is 3.58. The van der Waals surface area contributed by atoms with Gasteiger partial charge in [0.05, 0.1) is 59.3 Å². The maximum atomic E-state index is 13.0. The lowest BCUT2D eigenvalue weighted by molar-refractivity contribution is 0.102. The lowest BCUT2D eigenvalue weighted by Crippen LogP contribution is -2.12. The van der Waals surface area contributed by atoms with E-state index in [4.69, 9.17) is 9.47 Å². The lowest BCUT2D eigenvalue weighted by Gasteiger charge is -2.12. The molecule has 0 unspecified atom stereocenters. The highest BCUT2D eigenvalue weighted by atomic mass is 16.5. The van der Waals surface area contributed by atoms with Crippen LogP contribution < -0.4 is 20.1 Å². The molecule has 40 heavy (non-hydrogen) atoms. The first kappa shape index (κ1) is 24.5. The topological polar surface area (TPSA) is 129 Å². The van der Waals surface area contributed by atoms with E-state index in [0.29, 0.717) is 45.3 Å². The summed E-state index contributed by atoms with van der Waals surface area (Å²) in [5, 5.41) is 20.5. The number of nitrogens with one attached hydrogen (secondary N) is 3. The largest absolute Gasteiger partial charge is 0.497 e. The zero-order chi connectivity index (χ0) is 27.6. The van der Waals surface area contributed by atoms with Gasteiger partial charge in [-0.3, -0.25) is 4.79 Å². The minimum Gasteiger partial charge on any atom is -0.497 e. The van der Waals surface area contributed by atoms with Gasteiger partial charge >= 0.3 is 0 Å². The normalized spacial score (nSPS) is 10.8. The Bertz CT molecular complexity index is 1920. The van der Waals surface area contributed by atoms with Crippen LogP contribution in [0.2, 0.25) is 0 Å². The van der Waals surface area contributed by atoms with Crippen LogP contribution in [-0.2, 0) is 0 Å². The number of hydrogen-bond acceptors (Lipinski definition) is 7. The molecule has 0 saturated carbocycles. The number of nitrogens with zero attached hydrogens (tertiary/aromatic N) is 4. The van der Waals surface area contributed by atoms with Crippen molar-refractivity contribution >= 4 is 39.5 Å². The first-order chi connectivity index (χ1) is 19.5. The van der Waals surface area contributed by atoms with Crippen LogP contribution in [0.3, 0.4) is 0 Å². The second kappa shape index (κ2) is 10.2. The van der Waals surface area contributed by atoms with E-state index in [1.807, 2.05) is 49.4 Å². The molecule has 10 nitrogen and oxygen atoms in total. The third-order valence-electron chi connectivity index (χ3n) is 6.51. The van der Waals surface area contributed by atoms with Crippen molar-refractivity contribution in [3.8, 4) is 23.3 Å². The van der Waals surface area contributed by atoms with Crippen LogP contribution in [0, 0.1) is 18.3 Å². The zero-order valence-electron chi connectivity index (χ0n) is 21.6. The van der Waals surface area contributed by atoms with Crippen LogP contribution >= 0.6 is 0 Å². The van der Waals surface area contributed by atoms with E-state index in [9.17, 15) is 10.1 Å². The SMILES string of the molecule is COc1cccc(Oc2ccc(Nc3c(C#N)cnn4cc(NC(=O)c5ccc6nc[nH]c6c5)c(C)c34)cc2)c1. The number of methoxy groups -OCH3 is 1. The number of amides is 1. The number of hydrogen-bond donors (Lipinski definition) is 3. The smallest absolute Gasteiger partial charge is 0.255 e. The van der Waals surface area contributed by atoms with Crippen molar-refractivity contribution in [3.63, 3.8) is 0 Å². The number of carbonyl (C=O) groups excluding carboxylic acids is 1. The summed E-state index contributed by atoms with van der Waals surface area (Å²) in [4.78, 5) is 20.3. The molecule has 0 atom stereocenters. The molecule has 0 spiro atoms. The van der Waals surface area contributed by atoms with E-state index in [-0.39, 0.29) is 5.91 Å². The van der Waals surface area contributed by atoms with Crippen molar-refractivity contribution in [1.82, 2.24) is 19.6 Å². The fraction of sp³-hybridized carbons (Fsp3) is 0.0667. The number of ether oxygens (including phenoxy) is 2. The molecule has 3 aromatic carbocycles. The van der Waals surface area contributed by atoms with Gasteiger partial charge in [0.2, 0.25) is 0 Å². The summed E-state index contributed by atoms with van der Waals surface area (Å²) in [5.41, 5.74) is 5.78. The monoisotopic (exact) mass is 529 g/mol. The molecule has 10 heteroatoms. The summed E-state index contributed by atoms with van der Waals surface area (Å²) in [6, 6.07) is 22.2. The van der Waals surface area contributed by atoms with Crippen molar-refractivity contribution in [1.29, 1.82) is 5.26 Å². The van der Waals surface area contributed by atoms with Gasteiger partial charge in [0.1, 0.15) is 23.3 Å². The molecule has 3 N–H and O–H groups in total. The third kappa shape index (κ3) is 4.63. The highest BCUT2D eigenvalue weighted by molar-refractivity contribution is 6.07. The summed E-state index contributed by atoms with van der Waals surface area (Å²) in [6.07, 6.45) is 4.81. The Kier molecular flexibility index (Phi) is 6.22. The number of fused-ring (bicyclic) bond motifs is 2. The number of benzene rings is 3. The van der Waals surface area contributed by atoms with Crippen LogP contribution in [0.5, 0.6) is 17.2 Å². The number of carbonyl (C=O) groups is 1. The maximum absolute atomic E-state index is 13.0. The Hall–Kier alpha value is -5.82. The molecule has 0 aliphatic rings. The number of aryl methyl sites for hydroxylation is 1. The van der Waals surface area contributed by atoms with Gasteiger partial charge in [0.25, 0.3) is 5.91 Å². The predicted molar refractivity (Wildman–Crippen MR) is 151 cm³/mol. The van der Waals surface area contributed by atoms with E-state index in [1.165, 1.54) is 6.20 Å². The molecule has 0 aliphatic heterocycles. The summed E-state index contributed by atoms with van der Waals surface area (Å²) in [7, 11) is 1.61. The van der Waals surface area contributed by atoms with Crippen LogP contribution in [0.1, 0.15) is 21.5 Å². The molecule has 0 fully saturated rings. The number of H-pyrrole nitrogens is 1. The molecule has 1 amide bonds. The van der Waals surface area contributed by atoms with Crippen LogP contribution in [0.15, 0.2) is 85.5 Å². The van der Waals surface area contributed by atoms with E-state index in [1.54, 1.807) is 48.4 Å². The third-order valence-corrected chi connectivity index (χ3v) is 6.51. The fourth-order valence-electron chi connectivity index (χ4n) is 4.45. The van der Waals surface area contributed by atoms with E-state index in [2.05, 4.69) is 31.8 Å². The van der Waals surface area contributed by atoms with Gasteiger partial charge in [-0.25, -0.2) is 9.50 Å². The van der Waals surface area contributed by atoms with Crippen LogP contribution in [0.4, 0.5) is 17.1 Å². The first-order valence-corrected chi connectivity index (χ1v) is 12.4. The van der Waals surface area contributed by atoms with Crippen molar-refractivity contribution in [2.75, 3.05) is 17.7 Å². The summed E-state index contributed by atoms with van der Waals surface area (Å²) < 4.78 is 12.8. The highest BCUT2D eigenvalue weighted by Gasteiger charge is 2.18. The Labute approximate surface area is 228 Å². The molecule has 6 rings (SSSR count). The lowest BCUT2D eigenvalue weighted by atomic mass is 10.1. The summed E-state index contributed by atoms with van der Waals surface area (Å²) >= 11 is 0. The van der Waals surface area contributed by atoms with Gasteiger partial charge in [0, 0.05) is 22.9 Å². The van der Waals surface area contributed by atoms with E-state index in [0.717, 1.165) is 22.3 Å². The van der Waals surface area contributed by atoms with Gasteiger partial charge in [-0.1, -0.05) is 6.07 Å². The molecule has 0 aliphatic carbocycles. The highest BCUT2D eigenvalue weighted by Crippen LogP contribution is 2.33. The van der Waals surface area contributed by atoms with E-state index < -0.39 is 0 Å². The summed E-state index contributed by atoms with van der Waals surface area (Å²) in [6.45, 7) is 1.88. The standard InChI is InChI=1S/C30H23N7O3/c1-18-27(36-30(38)19-6-11-25-26(12-19)33-17-32-25)16-37-29(18)28(20(14-31)15-34-37)35-21-7-9-22(10-8-21)40-24-5-3-4-23(13-24)39-2/h3-13,15-17,35H,1-2H3,(H,32,33)(H,36,38). The van der Waals surface area contributed by atoms with Gasteiger partial charge in [0.15, 0.2) is 0 Å². The van der Waals surface area contributed by atoms with Crippen molar-refractivity contribution in [2.24, 2.45) is 0 Å². The number of aromatic amines is 1. The van der Waals surface area contributed by atoms with Gasteiger partial charge in [-0.15, -0.1) is 0 Å². The molecule has 0 bridgehead atoms. The second-order valence-electron chi connectivity index (χ2n) is 9.03. The molecular weight excluding hydrogens is 506 g/mol.